The van der Waals surface area contributed by atoms with Crippen LogP contribution in [-0.4, -0.2) is 23.8 Å². The van der Waals surface area contributed by atoms with E-state index in [4.69, 9.17) is 4.74 Å². The molecule has 0 bridgehead atoms. The molecule has 3 nitrogen and oxygen atoms in total. The Morgan fingerprint density at radius 2 is 1.77 bits per heavy atom. The quantitative estimate of drug-likeness (QED) is 0.357. The number of carbonyl (C=O) groups is 2. The molecule has 0 aromatic carbocycles. The van der Waals surface area contributed by atoms with Gasteiger partial charge in [0.2, 0.25) is 11.6 Å². The maximum atomic E-state index is 11.0. The van der Waals surface area contributed by atoms with E-state index >= 15 is 0 Å². The standard InChI is InChI=1S/C10H16O3/c1-3-5-7-13-10(6-4-2)8(11)9(10)12/h3-7H2,1-2H3. The minimum absolute atomic E-state index is 0.328. The molecule has 0 amide bonds. The summed E-state index contributed by atoms with van der Waals surface area (Å²) in [5.41, 5.74) is -1.01. The molecule has 1 aliphatic carbocycles. The van der Waals surface area contributed by atoms with Crippen molar-refractivity contribution in [3.63, 3.8) is 0 Å². The molecule has 74 valence electrons. The Morgan fingerprint density at radius 1 is 1.15 bits per heavy atom. The molecule has 1 fully saturated rings. The lowest BCUT2D eigenvalue weighted by Crippen LogP contribution is -2.20. The van der Waals surface area contributed by atoms with Crippen molar-refractivity contribution in [3.05, 3.63) is 0 Å². The molecule has 0 unspecified atom stereocenters. The second-order valence-corrected chi connectivity index (χ2v) is 3.44. The number of hydrogen-bond donors (Lipinski definition) is 0. The van der Waals surface area contributed by atoms with Crippen LogP contribution in [0.1, 0.15) is 39.5 Å². The molecule has 1 saturated carbocycles. The summed E-state index contributed by atoms with van der Waals surface area (Å²) in [6.45, 7) is 4.52. The molecule has 1 aliphatic rings. The molecule has 0 heterocycles. The lowest BCUT2D eigenvalue weighted by molar-refractivity contribution is -0.122. The molecule has 13 heavy (non-hydrogen) atoms. The Morgan fingerprint density at radius 3 is 2.15 bits per heavy atom. The second kappa shape index (κ2) is 4.01. The lowest BCUT2D eigenvalue weighted by atomic mass is 10.2. The van der Waals surface area contributed by atoms with E-state index in [0.717, 1.165) is 19.3 Å². The summed E-state index contributed by atoms with van der Waals surface area (Å²) < 4.78 is 5.35. The molecule has 0 aromatic rings. The van der Waals surface area contributed by atoms with Gasteiger partial charge in [-0.05, 0) is 12.8 Å². The summed E-state index contributed by atoms with van der Waals surface area (Å²) in [4.78, 5) is 22.1. The van der Waals surface area contributed by atoms with Crippen LogP contribution in [0.3, 0.4) is 0 Å². The zero-order valence-corrected chi connectivity index (χ0v) is 8.26. The molecular formula is C10H16O3. The number of unbranched alkanes of at least 4 members (excludes halogenated alkanes) is 1. The van der Waals surface area contributed by atoms with Crippen LogP contribution in [-0.2, 0) is 14.3 Å². The van der Waals surface area contributed by atoms with E-state index in [1.807, 2.05) is 13.8 Å². The van der Waals surface area contributed by atoms with Gasteiger partial charge < -0.3 is 4.74 Å². The van der Waals surface area contributed by atoms with Gasteiger partial charge >= 0.3 is 0 Å². The summed E-state index contributed by atoms with van der Waals surface area (Å²) >= 11 is 0. The van der Waals surface area contributed by atoms with Crippen LogP contribution in [0.5, 0.6) is 0 Å². The van der Waals surface area contributed by atoms with Crippen LogP contribution in [0.15, 0.2) is 0 Å². The van der Waals surface area contributed by atoms with Crippen LogP contribution in [0.4, 0.5) is 0 Å². The van der Waals surface area contributed by atoms with Crippen molar-refractivity contribution in [1.82, 2.24) is 0 Å². The largest absolute Gasteiger partial charge is 0.358 e. The first kappa shape index (κ1) is 10.4. The predicted molar refractivity (Wildman–Crippen MR) is 48.5 cm³/mol. The van der Waals surface area contributed by atoms with E-state index < -0.39 is 5.60 Å². The molecule has 0 saturated heterocycles. The first-order chi connectivity index (χ1) is 6.19. The summed E-state index contributed by atoms with van der Waals surface area (Å²) in [5.74, 6) is -0.657. The molecule has 0 aliphatic heterocycles. The van der Waals surface area contributed by atoms with Gasteiger partial charge in [0.15, 0.2) is 5.60 Å². The van der Waals surface area contributed by atoms with E-state index in [9.17, 15) is 9.59 Å². The number of carbonyl (C=O) groups excluding carboxylic acids is 2. The maximum absolute atomic E-state index is 11.0. The first-order valence-electron chi connectivity index (χ1n) is 4.92. The van der Waals surface area contributed by atoms with E-state index in [1.165, 1.54) is 0 Å². The molecule has 0 radical (unpaired) electrons. The molecular weight excluding hydrogens is 168 g/mol. The second-order valence-electron chi connectivity index (χ2n) is 3.44. The summed E-state index contributed by atoms with van der Waals surface area (Å²) in [6, 6.07) is 0. The molecule has 0 spiro atoms. The lowest BCUT2D eigenvalue weighted by Gasteiger charge is -2.10. The van der Waals surface area contributed by atoms with Gasteiger partial charge in [0, 0.05) is 6.61 Å². The Bertz CT molecular complexity index is 206. The fraction of sp³-hybridized carbons (Fsp3) is 0.800. The minimum atomic E-state index is -1.01. The van der Waals surface area contributed by atoms with Crippen LogP contribution in [0, 0.1) is 0 Å². The van der Waals surface area contributed by atoms with Gasteiger partial charge in [-0.2, -0.15) is 0 Å². The number of Topliss-reactive ketones (excluding diaryl/α,β-unsaturated/α-hetero) is 2. The van der Waals surface area contributed by atoms with E-state index in [2.05, 4.69) is 0 Å². The van der Waals surface area contributed by atoms with Gasteiger partial charge in [-0.1, -0.05) is 26.7 Å². The third kappa shape index (κ3) is 1.80. The monoisotopic (exact) mass is 184 g/mol. The highest BCUT2D eigenvalue weighted by Crippen LogP contribution is 2.35. The normalized spacial score (nSPS) is 19.2. The molecule has 1 rings (SSSR count). The number of hydrogen-bond acceptors (Lipinski definition) is 3. The zero-order chi connectivity index (χ0) is 9.90. The Kier molecular flexibility index (Phi) is 3.20. The Hall–Kier alpha value is -0.700. The molecule has 0 aromatic heterocycles. The summed E-state index contributed by atoms with van der Waals surface area (Å²) in [7, 11) is 0. The molecule has 0 N–H and O–H groups in total. The maximum Gasteiger partial charge on any atom is 0.241 e. The molecule has 3 heteroatoms. The molecule has 0 atom stereocenters. The topological polar surface area (TPSA) is 43.4 Å². The van der Waals surface area contributed by atoms with Crippen LogP contribution in [0.2, 0.25) is 0 Å². The van der Waals surface area contributed by atoms with Crippen molar-refractivity contribution in [2.75, 3.05) is 6.61 Å². The highest BCUT2D eigenvalue weighted by molar-refractivity contribution is 6.66. The minimum Gasteiger partial charge on any atom is -0.358 e. The smallest absolute Gasteiger partial charge is 0.241 e. The van der Waals surface area contributed by atoms with Gasteiger partial charge in [-0.15, -0.1) is 0 Å². The van der Waals surface area contributed by atoms with Crippen molar-refractivity contribution in [3.8, 4) is 0 Å². The average Bonchev–Trinajstić information content (AvgIpc) is 2.60. The van der Waals surface area contributed by atoms with Gasteiger partial charge in [-0.25, -0.2) is 0 Å². The van der Waals surface area contributed by atoms with E-state index in [1.54, 1.807) is 0 Å². The van der Waals surface area contributed by atoms with Crippen molar-refractivity contribution in [1.29, 1.82) is 0 Å². The van der Waals surface area contributed by atoms with Crippen LogP contribution >= 0.6 is 0 Å². The predicted octanol–water partition coefficient (Wildman–Crippen LogP) is 1.49. The highest BCUT2D eigenvalue weighted by Gasteiger charge is 2.66. The number of ketones is 2. The van der Waals surface area contributed by atoms with Gasteiger partial charge in [-0.3, -0.25) is 9.59 Å². The van der Waals surface area contributed by atoms with Gasteiger partial charge in [0.05, 0.1) is 0 Å². The van der Waals surface area contributed by atoms with Gasteiger partial charge in [0.25, 0.3) is 0 Å². The zero-order valence-electron chi connectivity index (χ0n) is 8.26. The highest BCUT2D eigenvalue weighted by atomic mass is 16.5. The SMILES string of the molecule is CCCCOC1(CCC)C(=O)C1=O. The van der Waals surface area contributed by atoms with Crippen molar-refractivity contribution in [2.45, 2.75) is 45.1 Å². The Labute approximate surface area is 78.5 Å². The van der Waals surface area contributed by atoms with Crippen molar-refractivity contribution in [2.24, 2.45) is 0 Å². The summed E-state index contributed by atoms with van der Waals surface area (Å²) in [6.07, 6.45) is 3.29. The number of rotatable bonds is 6. The van der Waals surface area contributed by atoms with Crippen LogP contribution in [0.25, 0.3) is 0 Å². The Balaban J connectivity index is 2.42. The van der Waals surface area contributed by atoms with E-state index in [-0.39, 0.29) is 11.6 Å². The number of ether oxygens (including phenoxy) is 1. The average molecular weight is 184 g/mol. The fourth-order valence-corrected chi connectivity index (χ4v) is 1.43. The van der Waals surface area contributed by atoms with Crippen molar-refractivity contribution < 1.29 is 14.3 Å². The van der Waals surface area contributed by atoms with Crippen LogP contribution < -0.4 is 0 Å². The summed E-state index contributed by atoms with van der Waals surface area (Å²) in [5, 5.41) is 0. The third-order valence-electron chi connectivity index (χ3n) is 2.33. The van der Waals surface area contributed by atoms with Crippen molar-refractivity contribution >= 4 is 11.6 Å². The van der Waals surface area contributed by atoms with Gasteiger partial charge in [0.1, 0.15) is 0 Å². The fourth-order valence-electron chi connectivity index (χ4n) is 1.43. The van der Waals surface area contributed by atoms with E-state index in [0.29, 0.717) is 13.0 Å². The third-order valence-corrected chi connectivity index (χ3v) is 2.33. The first-order valence-corrected chi connectivity index (χ1v) is 4.92.